The molecule has 0 saturated heterocycles. The number of para-hydroxylation sites is 2. The van der Waals surface area contributed by atoms with Crippen LogP contribution in [0.3, 0.4) is 0 Å². The van der Waals surface area contributed by atoms with Crippen molar-refractivity contribution in [2.45, 2.75) is 0 Å². The second-order valence-electron chi connectivity index (χ2n) is 9.15. The van der Waals surface area contributed by atoms with Crippen LogP contribution in [0.15, 0.2) is 140 Å². The van der Waals surface area contributed by atoms with Gasteiger partial charge in [0.1, 0.15) is 0 Å². The van der Waals surface area contributed by atoms with E-state index in [9.17, 15) is 8.78 Å². The molecule has 0 amide bonds. The second-order valence-corrected chi connectivity index (χ2v) is 9.15. The molecule has 3 aromatic heterocycles. The van der Waals surface area contributed by atoms with Crippen LogP contribution in [0.5, 0.6) is 0 Å². The topological polar surface area (TPSA) is 48.5 Å². The Kier molecular flexibility index (Phi) is 10.5. The smallest absolute Gasteiger partial charge is 0.0774 e. The van der Waals surface area contributed by atoms with Crippen molar-refractivity contribution in [2.24, 2.45) is 0 Å². The third kappa shape index (κ3) is 7.24. The average Bonchev–Trinajstić information content (AvgIpc) is 3.79. The van der Waals surface area contributed by atoms with Crippen LogP contribution < -0.4 is 0 Å². The molecule has 9 heteroatoms. The molecule has 0 aliphatic rings. The summed E-state index contributed by atoms with van der Waals surface area (Å²) in [5, 5.41) is 0. The molecule has 0 spiro atoms. The van der Waals surface area contributed by atoms with Gasteiger partial charge < -0.3 is 14.1 Å². The minimum absolute atomic E-state index is 0.187. The first-order valence-electron chi connectivity index (χ1n) is 13.3. The molecule has 0 bridgehead atoms. The zero-order valence-corrected chi connectivity index (χ0v) is 26.1. The van der Waals surface area contributed by atoms with E-state index in [1.165, 1.54) is 17.9 Å². The predicted molar refractivity (Wildman–Crippen MR) is 165 cm³/mol. The summed E-state index contributed by atoms with van der Waals surface area (Å²) in [6.45, 7) is 0. The molecule has 3 heterocycles. The Balaban J connectivity index is 0.000000202. The summed E-state index contributed by atoms with van der Waals surface area (Å²) < 4.78 is 29.9. The van der Waals surface area contributed by atoms with Crippen molar-refractivity contribution in [1.82, 2.24) is 24.1 Å². The summed E-state index contributed by atoms with van der Waals surface area (Å²) >= 11 is 1.47. The SMILES string of the molecule is Fc1c[c-]c(-c2ccccn2)c(F)c1.[Cl][Ir+2].[c-]1c(-c2nccn2-c2ccccc2)cccc1-c1nccn1-c1ccccc1. The number of nitrogens with zero attached hydrogens (tertiary/aromatic N) is 5. The monoisotopic (exact) mass is 779 g/mol. The number of benzene rings is 4. The summed E-state index contributed by atoms with van der Waals surface area (Å²) in [6.07, 6.45) is 9.11. The molecule has 0 radical (unpaired) electrons. The van der Waals surface area contributed by atoms with E-state index in [-0.39, 0.29) is 5.56 Å². The Morgan fingerprint density at radius 3 is 1.66 bits per heavy atom. The molecule has 7 aromatic rings. The van der Waals surface area contributed by atoms with Gasteiger partial charge in [-0.3, -0.25) is 18.7 Å². The van der Waals surface area contributed by atoms with Crippen molar-refractivity contribution in [1.29, 1.82) is 0 Å². The Morgan fingerprint density at radius 1 is 0.614 bits per heavy atom. The third-order valence-electron chi connectivity index (χ3n) is 6.41. The molecule has 4 aromatic carbocycles. The van der Waals surface area contributed by atoms with Crippen LogP contribution in [0.1, 0.15) is 0 Å². The molecule has 5 nitrogen and oxygen atoms in total. The van der Waals surface area contributed by atoms with Crippen molar-refractivity contribution >= 4 is 9.58 Å². The van der Waals surface area contributed by atoms with Crippen LogP contribution in [-0.2, 0) is 17.9 Å². The van der Waals surface area contributed by atoms with Crippen molar-refractivity contribution < 1.29 is 26.7 Å². The van der Waals surface area contributed by atoms with E-state index in [1.54, 1.807) is 24.4 Å². The standard InChI is InChI=1S/C24H17N4.C11H6F2N.ClH.Ir/c1-3-10-21(11-4-1)27-16-14-25-23(27)19-8-7-9-20(18-19)24-26-15-17-28(24)22-12-5-2-6-13-22;12-8-4-5-9(10(13)7-8)11-3-1-2-6-14-11;;/h1-17H;1-4,6-7H;1H;/q2*-1;;+3/p-1. The molecular formula is C35H23ClF2IrN5. The van der Waals surface area contributed by atoms with Gasteiger partial charge in [-0.25, -0.2) is 0 Å². The first-order chi connectivity index (χ1) is 21.7. The van der Waals surface area contributed by atoms with Crippen molar-refractivity contribution in [2.75, 3.05) is 0 Å². The number of aromatic nitrogens is 5. The largest absolute Gasteiger partial charge is 0.332 e. The Labute approximate surface area is 268 Å². The van der Waals surface area contributed by atoms with Gasteiger partial charge in [-0.1, -0.05) is 71.3 Å². The van der Waals surface area contributed by atoms with E-state index in [0.29, 0.717) is 5.69 Å². The summed E-state index contributed by atoms with van der Waals surface area (Å²) in [5.74, 6) is 0.419. The number of rotatable bonds is 5. The zero-order valence-electron chi connectivity index (χ0n) is 23.0. The van der Waals surface area contributed by atoms with E-state index in [4.69, 9.17) is 0 Å². The summed E-state index contributed by atoms with van der Waals surface area (Å²) in [4.78, 5) is 13.1. The first kappa shape index (κ1) is 30.7. The molecule has 0 fully saturated rings. The minimum atomic E-state index is -0.649. The maximum absolute atomic E-state index is 13.2. The average molecular weight is 779 g/mol. The number of hydrogen-bond donors (Lipinski definition) is 0. The van der Waals surface area contributed by atoms with Crippen LogP contribution in [-0.4, -0.2) is 24.1 Å². The molecular weight excluding hydrogens is 756 g/mol. The van der Waals surface area contributed by atoms with E-state index in [0.717, 1.165) is 46.3 Å². The van der Waals surface area contributed by atoms with Crippen LogP contribution in [0.25, 0.3) is 45.4 Å². The molecule has 0 atom stereocenters. The Bertz CT molecular complexity index is 1820. The minimum Gasteiger partial charge on any atom is -0.332 e. The fraction of sp³-hybridized carbons (Fsp3) is 0. The first-order valence-corrected chi connectivity index (χ1v) is 16.3. The van der Waals surface area contributed by atoms with Gasteiger partial charge in [-0.2, -0.15) is 0 Å². The summed E-state index contributed by atoms with van der Waals surface area (Å²) in [6, 6.07) is 39.5. The molecule has 0 aliphatic carbocycles. The van der Waals surface area contributed by atoms with Crippen molar-refractivity contribution in [3.63, 3.8) is 0 Å². The van der Waals surface area contributed by atoms with Gasteiger partial charge in [0.25, 0.3) is 0 Å². The summed E-state index contributed by atoms with van der Waals surface area (Å²) in [5.41, 5.74) is 4.62. The fourth-order valence-electron chi connectivity index (χ4n) is 4.48. The van der Waals surface area contributed by atoms with Gasteiger partial charge in [0.05, 0.1) is 11.6 Å². The normalized spacial score (nSPS) is 10.3. The van der Waals surface area contributed by atoms with Gasteiger partial charge in [-0.15, -0.1) is 36.4 Å². The quantitative estimate of drug-likeness (QED) is 0.165. The Morgan fingerprint density at radius 2 is 1.16 bits per heavy atom. The van der Waals surface area contributed by atoms with Gasteiger partial charge in [0.15, 0.2) is 0 Å². The molecule has 0 aliphatic heterocycles. The van der Waals surface area contributed by atoms with Gasteiger partial charge in [0.2, 0.25) is 0 Å². The molecule has 218 valence electrons. The van der Waals surface area contributed by atoms with Gasteiger partial charge >= 0.3 is 27.5 Å². The zero-order chi connectivity index (χ0) is 30.7. The fourth-order valence-corrected chi connectivity index (χ4v) is 4.48. The molecule has 7 rings (SSSR count). The second kappa shape index (κ2) is 15.1. The molecule has 0 N–H and O–H groups in total. The molecule has 0 saturated carbocycles. The van der Waals surface area contributed by atoms with E-state index in [2.05, 4.69) is 70.1 Å². The molecule has 44 heavy (non-hydrogen) atoms. The van der Waals surface area contributed by atoms with E-state index < -0.39 is 11.6 Å². The van der Waals surface area contributed by atoms with Crippen molar-refractivity contribution in [3.05, 3.63) is 164 Å². The number of imidazole rings is 2. The number of pyridine rings is 1. The predicted octanol–water partition coefficient (Wildman–Crippen LogP) is 8.71. The van der Waals surface area contributed by atoms with E-state index >= 15 is 0 Å². The van der Waals surface area contributed by atoms with Crippen LogP contribution in [0.2, 0.25) is 0 Å². The third-order valence-corrected chi connectivity index (χ3v) is 6.41. The number of halogens is 3. The van der Waals surface area contributed by atoms with Gasteiger partial charge in [0, 0.05) is 54.0 Å². The molecule has 0 unspecified atom stereocenters. The maximum atomic E-state index is 13.2. The van der Waals surface area contributed by atoms with E-state index in [1.807, 2.05) is 79.4 Å². The van der Waals surface area contributed by atoms with Crippen LogP contribution in [0, 0.1) is 23.8 Å². The van der Waals surface area contributed by atoms with Gasteiger partial charge in [-0.05, 0) is 36.0 Å². The maximum Gasteiger partial charge on any atom is 0.0774 e. The van der Waals surface area contributed by atoms with Crippen molar-refractivity contribution in [3.8, 4) is 45.4 Å². The Hall–Kier alpha value is -4.75. The van der Waals surface area contributed by atoms with Crippen LogP contribution >= 0.6 is 9.58 Å². The summed E-state index contributed by atoms with van der Waals surface area (Å²) in [7, 11) is 4.64. The van der Waals surface area contributed by atoms with Crippen LogP contribution in [0.4, 0.5) is 8.78 Å². The number of hydrogen-bond acceptors (Lipinski definition) is 3.